The Labute approximate surface area is 152 Å². The Hall–Kier alpha value is -2.30. The van der Waals surface area contributed by atoms with Crippen molar-refractivity contribution >= 4 is 32.9 Å². The van der Waals surface area contributed by atoms with Crippen molar-refractivity contribution < 1.29 is 4.21 Å². The van der Waals surface area contributed by atoms with Crippen molar-refractivity contribution in [1.29, 1.82) is 0 Å². The smallest absolute Gasteiger partial charge is 0.203 e. The normalized spacial score (nSPS) is 25.9. The number of guanidine groups is 1. The second kappa shape index (κ2) is 6.21. The first kappa shape index (κ1) is 17.5. The topological polar surface area (TPSA) is 71.6 Å². The number of hydrogen-bond donors (Lipinski definition) is 1. The van der Waals surface area contributed by atoms with Gasteiger partial charge in [0.15, 0.2) is 0 Å². The lowest BCUT2D eigenvalue weighted by molar-refractivity contribution is 0.522. The van der Waals surface area contributed by atoms with Crippen LogP contribution in [-0.2, 0) is 15.2 Å². The highest BCUT2D eigenvalue weighted by Crippen LogP contribution is 2.39. The summed E-state index contributed by atoms with van der Waals surface area (Å²) < 4.78 is 14.2. The molecule has 2 aromatic rings. The largest absolute Gasteiger partial charge is 0.369 e. The van der Waals surface area contributed by atoms with E-state index in [9.17, 15) is 4.21 Å². The summed E-state index contributed by atoms with van der Waals surface area (Å²) in [5.41, 5.74) is 7.21. The maximum Gasteiger partial charge on any atom is 0.203 e. The Bertz CT molecular complexity index is 1010. The third kappa shape index (κ3) is 3.28. The molecule has 7 heteroatoms. The third-order valence-corrected chi connectivity index (χ3v) is 7.70. The minimum Gasteiger partial charge on any atom is -0.369 e. The highest BCUT2D eigenvalue weighted by Gasteiger charge is 2.38. The van der Waals surface area contributed by atoms with E-state index in [1.807, 2.05) is 31.3 Å². The molecule has 0 saturated heterocycles. The van der Waals surface area contributed by atoms with Crippen LogP contribution < -0.4 is 5.73 Å². The van der Waals surface area contributed by atoms with E-state index >= 15 is 0 Å². The highest BCUT2D eigenvalue weighted by molar-refractivity contribution is 7.98. The number of nitrogens with zero attached hydrogens (tertiary/aromatic N) is 3. The van der Waals surface area contributed by atoms with Crippen LogP contribution in [0, 0.1) is 11.8 Å². The molecule has 0 amide bonds. The Balaban J connectivity index is 2.01. The van der Waals surface area contributed by atoms with Crippen molar-refractivity contribution in [2.24, 2.45) is 10.7 Å². The Morgan fingerprint density at radius 2 is 2.20 bits per heavy atom. The zero-order valence-corrected chi connectivity index (χ0v) is 16.1. The van der Waals surface area contributed by atoms with Gasteiger partial charge in [-0.2, -0.15) is 0 Å². The number of aliphatic imine (C=N–C) groups is 1. The molecule has 0 aliphatic carbocycles. The van der Waals surface area contributed by atoms with Gasteiger partial charge in [0, 0.05) is 40.3 Å². The van der Waals surface area contributed by atoms with Gasteiger partial charge in [-0.15, -0.1) is 17.3 Å². The third-order valence-electron chi connectivity index (χ3n) is 4.12. The monoisotopic (exact) mass is 372 g/mol. The zero-order chi connectivity index (χ0) is 18.2. The summed E-state index contributed by atoms with van der Waals surface area (Å²) in [6.45, 7) is 3.75. The maximum absolute atomic E-state index is 12.8. The molecule has 5 nitrogen and oxygen atoms in total. The fourth-order valence-corrected chi connectivity index (χ4v) is 5.60. The van der Waals surface area contributed by atoms with Crippen molar-refractivity contribution in [1.82, 2.24) is 9.29 Å². The number of nitrogens with two attached hydrogens (primary N) is 1. The lowest BCUT2D eigenvalue weighted by Gasteiger charge is -2.36. The van der Waals surface area contributed by atoms with Crippen LogP contribution in [0.25, 0.3) is 10.4 Å². The van der Waals surface area contributed by atoms with Gasteiger partial charge in [0.25, 0.3) is 0 Å². The SMILES string of the molecule is C=S1(=O)C[C@@](C)(c2ccc(-c3cncc(C#CC)c3)s2)N=C(N)N1C. The molecule has 0 spiro atoms. The van der Waals surface area contributed by atoms with Gasteiger partial charge in [-0.1, -0.05) is 5.92 Å². The summed E-state index contributed by atoms with van der Waals surface area (Å²) in [7, 11) is -0.816. The van der Waals surface area contributed by atoms with E-state index in [0.717, 1.165) is 20.9 Å². The van der Waals surface area contributed by atoms with Crippen LogP contribution in [-0.4, -0.2) is 38.1 Å². The summed E-state index contributed by atoms with van der Waals surface area (Å²) in [5.74, 6) is 10.3. The summed E-state index contributed by atoms with van der Waals surface area (Å²) in [5, 5.41) is 0. The van der Waals surface area contributed by atoms with Gasteiger partial charge in [0.2, 0.25) is 5.96 Å². The molecule has 2 aromatic heterocycles. The van der Waals surface area contributed by atoms with Crippen LogP contribution in [0.2, 0.25) is 0 Å². The van der Waals surface area contributed by atoms with Gasteiger partial charge >= 0.3 is 0 Å². The predicted molar refractivity (Wildman–Crippen MR) is 107 cm³/mol. The minimum absolute atomic E-state index is 0.255. The number of hydrogen-bond acceptors (Lipinski definition) is 5. The first-order chi connectivity index (χ1) is 11.7. The van der Waals surface area contributed by atoms with E-state index in [4.69, 9.17) is 5.73 Å². The molecule has 1 aliphatic rings. The number of pyridine rings is 1. The summed E-state index contributed by atoms with van der Waals surface area (Å²) in [6, 6.07) is 6.05. The van der Waals surface area contributed by atoms with Crippen LogP contribution >= 0.6 is 11.3 Å². The standard InChI is InChI=1S/C18H20N4OS2/c1-5-6-13-9-14(11-20-10-13)15-7-8-16(24-15)18(2)12-25(4,23)22(3)17(19)21-18/h7-11H,4,12H2,1-3H3,(H2,19,21)/t18-,25?/m0/s1. The quantitative estimate of drug-likeness (QED) is 0.649. The summed E-state index contributed by atoms with van der Waals surface area (Å²) >= 11 is 1.60. The number of aromatic nitrogens is 1. The molecule has 0 fully saturated rings. The Kier molecular flexibility index (Phi) is 4.35. The van der Waals surface area contributed by atoms with Crippen molar-refractivity contribution in [3.63, 3.8) is 0 Å². The minimum atomic E-state index is -2.48. The van der Waals surface area contributed by atoms with Crippen LogP contribution in [0.3, 0.4) is 0 Å². The molecule has 3 heterocycles. The van der Waals surface area contributed by atoms with Crippen LogP contribution in [0.15, 0.2) is 35.6 Å². The second-order valence-electron chi connectivity index (χ2n) is 6.16. The van der Waals surface area contributed by atoms with Crippen LogP contribution in [0.1, 0.15) is 24.3 Å². The van der Waals surface area contributed by atoms with E-state index in [2.05, 4.69) is 27.7 Å². The molecule has 1 aliphatic heterocycles. The van der Waals surface area contributed by atoms with E-state index in [1.54, 1.807) is 31.5 Å². The Morgan fingerprint density at radius 3 is 2.88 bits per heavy atom. The maximum atomic E-state index is 12.8. The predicted octanol–water partition coefficient (Wildman–Crippen LogP) is 2.29. The van der Waals surface area contributed by atoms with Crippen molar-refractivity contribution in [2.45, 2.75) is 19.4 Å². The zero-order valence-electron chi connectivity index (χ0n) is 14.4. The Morgan fingerprint density at radius 1 is 1.44 bits per heavy atom. The van der Waals surface area contributed by atoms with E-state index in [-0.39, 0.29) is 5.96 Å². The van der Waals surface area contributed by atoms with Crippen molar-refractivity contribution in [3.8, 4) is 22.3 Å². The molecule has 3 rings (SSSR count). The van der Waals surface area contributed by atoms with Gasteiger partial charge in [-0.3, -0.25) is 9.29 Å². The van der Waals surface area contributed by atoms with Crippen molar-refractivity contribution in [2.75, 3.05) is 12.8 Å². The van der Waals surface area contributed by atoms with Gasteiger partial charge in [-0.25, -0.2) is 9.20 Å². The average Bonchev–Trinajstić information content (AvgIpc) is 3.04. The van der Waals surface area contributed by atoms with Gasteiger partial charge in [0.1, 0.15) is 5.54 Å². The molecule has 25 heavy (non-hydrogen) atoms. The average molecular weight is 373 g/mol. The fraction of sp³-hybridized carbons (Fsp3) is 0.278. The molecule has 0 radical (unpaired) electrons. The molecule has 0 saturated carbocycles. The first-order valence-corrected chi connectivity index (χ1v) is 10.3. The van der Waals surface area contributed by atoms with Gasteiger partial charge in [0.05, 0.1) is 15.5 Å². The molecule has 2 N–H and O–H groups in total. The number of rotatable bonds is 2. The van der Waals surface area contributed by atoms with Gasteiger partial charge < -0.3 is 5.73 Å². The van der Waals surface area contributed by atoms with Crippen molar-refractivity contribution in [3.05, 3.63) is 41.0 Å². The highest BCUT2D eigenvalue weighted by atomic mass is 32.2. The summed E-state index contributed by atoms with van der Waals surface area (Å²) in [6.07, 6.45) is 3.56. The molecule has 0 aromatic carbocycles. The van der Waals surface area contributed by atoms with E-state index in [0.29, 0.717) is 5.75 Å². The second-order valence-corrected chi connectivity index (χ2v) is 9.62. The van der Waals surface area contributed by atoms with Gasteiger partial charge in [-0.05, 0) is 37.9 Å². The molecular formula is C18H20N4OS2. The van der Waals surface area contributed by atoms with E-state index in [1.165, 1.54) is 4.31 Å². The van der Waals surface area contributed by atoms with E-state index < -0.39 is 15.2 Å². The lowest BCUT2D eigenvalue weighted by atomic mass is 10.0. The van der Waals surface area contributed by atoms with Crippen LogP contribution in [0.4, 0.5) is 0 Å². The molecule has 2 atom stereocenters. The summed E-state index contributed by atoms with van der Waals surface area (Å²) in [4.78, 5) is 10.9. The molecule has 130 valence electrons. The molecular weight excluding hydrogens is 352 g/mol. The van der Waals surface area contributed by atoms with Crippen LogP contribution in [0.5, 0.6) is 0 Å². The fourth-order valence-electron chi connectivity index (χ4n) is 2.76. The lowest BCUT2D eigenvalue weighted by Crippen LogP contribution is -2.50. The molecule has 1 unspecified atom stereocenters. The molecule has 0 bridgehead atoms. The number of thiophene rings is 1. The first-order valence-electron chi connectivity index (χ1n) is 7.68.